The van der Waals surface area contributed by atoms with Gasteiger partial charge in [-0.05, 0) is 12.3 Å². The van der Waals surface area contributed by atoms with E-state index in [0.29, 0.717) is 6.42 Å². The van der Waals surface area contributed by atoms with Crippen molar-refractivity contribution in [3.8, 4) is 0 Å². The largest absolute Gasteiger partial charge is 0.469 e. The lowest BCUT2D eigenvalue weighted by molar-refractivity contribution is -0.146. The zero-order valence-electron chi connectivity index (χ0n) is 8.91. The summed E-state index contributed by atoms with van der Waals surface area (Å²) in [4.78, 5) is 11.0. The van der Waals surface area contributed by atoms with Crippen molar-refractivity contribution in [1.29, 1.82) is 0 Å². The first-order valence-corrected chi connectivity index (χ1v) is 4.78. The third-order valence-electron chi connectivity index (χ3n) is 2.50. The van der Waals surface area contributed by atoms with Crippen LogP contribution in [0.1, 0.15) is 33.6 Å². The molecule has 3 unspecified atom stereocenters. The fourth-order valence-electron chi connectivity index (χ4n) is 1.16. The van der Waals surface area contributed by atoms with Gasteiger partial charge in [0.05, 0.1) is 19.1 Å². The average Bonchev–Trinajstić information content (AvgIpc) is 2.14. The number of hydrogen-bond donors (Lipinski definition) is 1. The van der Waals surface area contributed by atoms with Crippen LogP contribution in [-0.4, -0.2) is 24.3 Å². The van der Waals surface area contributed by atoms with Gasteiger partial charge in [0.1, 0.15) is 0 Å². The maximum Gasteiger partial charge on any atom is 0.308 e. The topological polar surface area (TPSA) is 46.5 Å². The quantitative estimate of drug-likeness (QED) is 0.666. The Balaban J connectivity index is 3.90. The summed E-state index contributed by atoms with van der Waals surface area (Å²) >= 11 is 0. The maximum atomic E-state index is 11.0. The fraction of sp³-hybridized carbons (Fsp3) is 0.900. The minimum atomic E-state index is -0.404. The molecule has 0 aromatic rings. The molecule has 0 radical (unpaired) electrons. The SMILES string of the molecule is CCC(C)C(O)CC(C)C(=O)OC. The second-order valence-corrected chi connectivity index (χ2v) is 3.61. The minimum absolute atomic E-state index is 0.214. The van der Waals surface area contributed by atoms with Crippen molar-refractivity contribution < 1.29 is 14.6 Å². The Labute approximate surface area is 80.1 Å². The second-order valence-electron chi connectivity index (χ2n) is 3.61. The highest BCUT2D eigenvalue weighted by atomic mass is 16.5. The summed E-state index contributed by atoms with van der Waals surface area (Å²) in [6.45, 7) is 5.78. The van der Waals surface area contributed by atoms with Crippen LogP contribution in [0.25, 0.3) is 0 Å². The van der Waals surface area contributed by atoms with E-state index in [1.54, 1.807) is 6.92 Å². The molecule has 0 aromatic carbocycles. The zero-order chi connectivity index (χ0) is 10.4. The molecule has 0 spiro atoms. The summed E-state index contributed by atoms with van der Waals surface area (Å²) in [6.07, 6.45) is 1.01. The van der Waals surface area contributed by atoms with Gasteiger partial charge in [0, 0.05) is 0 Å². The fourth-order valence-corrected chi connectivity index (χ4v) is 1.16. The first-order valence-electron chi connectivity index (χ1n) is 4.78. The number of hydrogen-bond acceptors (Lipinski definition) is 3. The highest BCUT2D eigenvalue weighted by Gasteiger charge is 2.20. The van der Waals surface area contributed by atoms with Gasteiger partial charge in [-0.1, -0.05) is 27.2 Å². The van der Waals surface area contributed by atoms with Gasteiger partial charge in [-0.25, -0.2) is 0 Å². The highest BCUT2D eigenvalue weighted by Crippen LogP contribution is 2.16. The van der Waals surface area contributed by atoms with Crippen LogP contribution in [0.5, 0.6) is 0 Å². The Hall–Kier alpha value is -0.570. The van der Waals surface area contributed by atoms with Crippen LogP contribution in [0, 0.1) is 11.8 Å². The molecule has 0 fully saturated rings. The molecule has 0 rings (SSSR count). The summed E-state index contributed by atoms with van der Waals surface area (Å²) in [6, 6.07) is 0. The number of rotatable bonds is 5. The molecule has 0 saturated carbocycles. The third-order valence-corrected chi connectivity index (χ3v) is 2.50. The van der Waals surface area contributed by atoms with E-state index in [0.717, 1.165) is 6.42 Å². The number of carbonyl (C=O) groups is 1. The van der Waals surface area contributed by atoms with Crippen molar-refractivity contribution in [3.63, 3.8) is 0 Å². The van der Waals surface area contributed by atoms with Crippen LogP contribution in [0.3, 0.4) is 0 Å². The van der Waals surface area contributed by atoms with Crippen LogP contribution in [0.15, 0.2) is 0 Å². The number of ether oxygens (including phenoxy) is 1. The van der Waals surface area contributed by atoms with E-state index < -0.39 is 6.10 Å². The van der Waals surface area contributed by atoms with Gasteiger partial charge in [-0.15, -0.1) is 0 Å². The summed E-state index contributed by atoms with van der Waals surface area (Å²) < 4.78 is 4.58. The van der Waals surface area contributed by atoms with Crippen molar-refractivity contribution in [1.82, 2.24) is 0 Å². The van der Waals surface area contributed by atoms with Crippen molar-refractivity contribution in [2.75, 3.05) is 7.11 Å². The van der Waals surface area contributed by atoms with E-state index in [2.05, 4.69) is 4.74 Å². The number of esters is 1. The Morgan fingerprint density at radius 2 is 2.00 bits per heavy atom. The smallest absolute Gasteiger partial charge is 0.308 e. The monoisotopic (exact) mass is 188 g/mol. The summed E-state index contributed by atoms with van der Waals surface area (Å²) in [5, 5.41) is 9.62. The molecule has 0 amide bonds. The van der Waals surface area contributed by atoms with Crippen LogP contribution >= 0.6 is 0 Å². The van der Waals surface area contributed by atoms with E-state index in [4.69, 9.17) is 0 Å². The molecule has 0 aromatic heterocycles. The predicted molar refractivity (Wildman–Crippen MR) is 51.3 cm³/mol. The summed E-state index contributed by atoms with van der Waals surface area (Å²) in [7, 11) is 1.37. The van der Waals surface area contributed by atoms with Crippen molar-refractivity contribution in [2.45, 2.75) is 39.7 Å². The maximum absolute atomic E-state index is 11.0. The second kappa shape index (κ2) is 5.97. The van der Waals surface area contributed by atoms with Crippen LogP contribution in [0.4, 0.5) is 0 Å². The van der Waals surface area contributed by atoms with Gasteiger partial charge in [0.2, 0.25) is 0 Å². The lowest BCUT2D eigenvalue weighted by atomic mass is 9.93. The number of carbonyl (C=O) groups excluding carboxylic acids is 1. The molecular formula is C10H20O3. The molecule has 0 aliphatic heterocycles. The summed E-state index contributed by atoms with van der Waals surface area (Å²) in [5.74, 6) is -0.219. The van der Waals surface area contributed by atoms with Crippen LogP contribution in [-0.2, 0) is 9.53 Å². The van der Waals surface area contributed by atoms with E-state index in [1.165, 1.54) is 7.11 Å². The van der Waals surface area contributed by atoms with Crippen molar-refractivity contribution in [3.05, 3.63) is 0 Å². The van der Waals surface area contributed by atoms with Crippen molar-refractivity contribution in [2.24, 2.45) is 11.8 Å². The Morgan fingerprint density at radius 3 is 2.38 bits per heavy atom. The van der Waals surface area contributed by atoms with Crippen LogP contribution < -0.4 is 0 Å². The Bertz CT molecular complexity index is 156. The average molecular weight is 188 g/mol. The van der Waals surface area contributed by atoms with Gasteiger partial charge < -0.3 is 9.84 Å². The molecule has 0 saturated heterocycles. The summed E-state index contributed by atoms with van der Waals surface area (Å²) in [5.41, 5.74) is 0. The first-order chi connectivity index (χ1) is 6.02. The molecular weight excluding hydrogens is 168 g/mol. The normalized spacial score (nSPS) is 17.6. The molecule has 0 aliphatic carbocycles. The third kappa shape index (κ3) is 4.27. The molecule has 3 nitrogen and oxygen atoms in total. The zero-order valence-corrected chi connectivity index (χ0v) is 8.91. The van der Waals surface area contributed by atoms with Crippen molar-refractivity contribution >= 4 is 5.97 Å². The number of aliphatic hydroxyl groups excluding tert-OH is 1. The van der Waals surface area contributed by atoms with Gasteiger partial charge in [-0.2, -0.15) is 0 Å². The number of methoxy groups -OCH3 is 1. The first kappa shape index (κ1) is 12.4. The van der Waals surface area contributed by atoms with Gasteiger partial charge in [0.25, 0.3) is 0 Å². The van der Waals surface area contributed by atoms with E-state index in [9.17, 15) is 9.90 Å². The molecule has 3 atom stereocenters. The molecule has 13 heavy (non-hydrogen) atoms. The van der Waals surface area contributed by atoms with Crippen LogP contribution in [0.2, 0.25) is 0 Å². The molecule has 0 aliphatic rings. The van der Waals surface area contributed by atoms with E-state index >= 15 is 0 Å². The predicted octanol–water partition coefficient (Wildman–Crippen LogP) is 1.59. The minimum Gasteiger partial charge on any atom is -0.469 e. The standard InChI is InChI=1S/C10H20O3/c1-5-7(2)9(11)6-8(3)10(12)13-4/h7-9,11H,5-6H2,1-4H3. The molecule has 3 heteroatoms. The van der Waals surface area contributed by atoms with Gasteiger partial charge in [-0.3, -0.25) is 4.79 Å². The lowest BCUT2D eigenvalue weighted by Gasteiger charge is -2.19. The molecule has 1 N–H and O–H groups in total. The molecule has 0 bridgehead atoms. The molecule has 0 heterocycles. The van der Waals surface area contributed by atoms with Gasteiger partial charge in [0.15, 0.2) is 0 Å². The van der Waals surface area contributed by atoms with Gasteiger partial charge >= 0.3 is 5.97 Å². The highest BCUT2D eigenvalue weighted by molar-refractivity contribution is 5.71. The Morgan fingerprint density at radius 1 is 1.46 bits per heavy atom. The lowest BCUT2D eigenvalue weighted by Crippen LogP contribution is -2.24. The van der Waals surface area contributed by atoms with E-state index in [-0.39, 0.29) is 17.8 Å². The molecule has 78 valence electrons. The number of aliphatic hydroxyl groups is 1. The van der Waals surface area contributed by atoms with E-state index in [1.807, 2.05) is 13.8 Å². The Kier molecular flexibility index (Phi) is 5.71.